The highest BCUT2D eigenvalue weighted by molar-refractivity contribution is 6.22. The minimum absolute atomic E-state index is 0.0124. The highest BCUT2D eigenvalue weighted by Gasteiger charge is 2.47. The predicted molar refractivity (Wildman–Crippen MR) is 113 cm³/mol. The number of Topliss-reactive ketones (excluding diaryl/α,β-unsaturated/α-hetero) is 1. The topological polar surface area (TPSA) is 113 Å². The van der Waals surface area contributed by atoms with Crippen LogP contribution in [0.5, 0.6) is 17.2 Å². The largest absolute Gasteiger partial charge is 0.507 e. The van der Waals surface area contributed by atoms with E-state index in [2.05, 4.69) is 0 Å². The number of hydrogen-bond acceptors (Lipinski definition) is 7. The molecular formula is C24H22O7. The van der Waals surface area contributed by atoms with E-state index in [1.807, 2.05) is 6.92 Å². The Morgan fingerprint density at radius 3 is 2.52 bits per heavy atom. The molecule has 3 N–H and O–H groups in total. The van der Waals surface area contributed by atoms with Crippen LogP contribution in [0.25, 0.3) is 21.5 Å². The van der Waals surface area contributed by atoms with Crippen molar-refractivity contribution in [1.82, 2.24) is 0 Å². The van der Waals surface area contributed by atoms with Crippen LogP contribution >= 0.6 is 0 Å². The van der Waals surface area contributed by atoms with Gasteiger partial charge < -0.3 is 24.8 Å². The predicted octanol–water partition coefficient (Wildman–Crippen LogP) is 3.50. The number of aliphatic hydroxyl groups is 1. The second kappa shape index (κ2) is 6.85. The fourth-order valence-electron chi connectivity index (χ4n) is 4.73. The van der Waals surface area contributed by atoms with Crippen LogP contribution in [0.15, 0.2) is 24.3 Å². The molecular weight excluding hydrogens is 400 g/mol. The normalized spacial score (nSPS) is 19.5. The van der Waals surface area contributed by atoms with E-state index >= 15 is 0 Å². The summed E-state index contributed by atoms with van der Waals surface area (Å²) in [6, 6.07) is 6.36. The van der Waals surface area contributed by atoms with Gasteiger partial charge in [-0.2, -0.15) is 0 Å². The molecule has 5 rings (SSSR count). The number of ether oxygens (including phenoxy) is 2. The smallest absolute Gasteiger partial charge is 0.379 e. The molecule has 1 aliphatic carbocycles. The molecule has 0 fully saturated rings. The number of phenols is 2. The maximum absolute atomic E-state index is 12.7. The number of phenolic OH excluding ortho intramolecular Hbond substituents is 2. The summed E-state index contributed by atoms with van der Waals surface area (Å²) in [7, 11) is 0. The first-order valence-electron chi connectivity index (χ1n) is 10.4. The molecule has 0 aromatic heterocycles. The third-order valence-corrected chi connectivity index (χ3v) is 6.20. The van der Waals surface area contributed by atoms with Gasteiger partial charge in [-0.3, -0.25) is 4.79 Å². The minimum Gasteiger partial charge on any atom is -0.507 e. The Morgan fingerprint density at radius 1 is 1.06 bits per heavy atom. The number of unbranched alkanes of at least 4 members (excludes halogenated alkanes) is 1. The van der Waals surface area contributed by atoms with E-state index < -0.39 is 11.8 Å². The third-order valence-electron chi connectivity index (χ3n) is 6.20. The zero-order valence-corrected chi connectivity index (χ0v) is 17.0. The van der Waals surface area contributed by atoms with Gasteiger partial charge in [0.05, 0.1) is 18.6 Å². The summed E-state index contributed by atoms with van der Waals surface area (Å²) in [6.07, 6.45) is 1.89. The molecule has 0 saturated heterocycles. The average Bonchev–Trinajstić information content (AvgIpc) is 2.75. The van der Waals surface area contributed by atoms with Gasteiger partial charge in [-0.05, 0) is 52.9 Å². The van der Waals surface area contributed by atoms with Crippen molar-refractivity contribution in [2.24, 2.45) is 0 Å². The summed E-state index contributed by atoms with van der Waals surface area (Å²) < 4.78 is 10.9. The first kappa shape index (κ1) is 19.6. The quantitative estimate of drug-likeness (QED) is 0.335. The fourth-order valence-corrected chi connectivity index (χ4v) is 4.73. The van der Waals surface area contributed by atoms with Crippen molar-refractivity contribution < 1.29 is 34.4 Å². The van der Waals surface area contributed by atoms with Crippen LogP contribution in [0.2, 0.25) is 0 Å². The number of fused-ring (bicyclic) bond motifs is 2. The lowest BCUT2D eigenvalue weighted by Gasteiger charge is -2.35. The number of carbonyl (C=O) groups excluding carboxylic acids is 2. The monoisotopic (exact) mass is 422 g/mol. The van der Waals surface area contributed by atoms with Gasteiger partial charge in [-0.15, -0.1) is 0 Å². The maximum Gasteiger partial charge on any atom is 0.379 e. The Kier molecular flexibility index (Phi) is 4.34. The number of carbonyl (C=O) groups is 2. The molecule has 1 heterocycles. The van der Waals surface area contributed by atoms with Crippen LogP contribution < -0.4 is 4.74 Å². The van der Waals surface area contributed by atoms with Gasteiger partial charge in [-0.1, -0.05) is 19.4 Å². The third kappa shape index (κ3) is 2.76. The van der Waals surface area contributed by atoms with Crippen LogP contribution in [0.1, 0.15) is 47.7 Å². The molecule has 0 amide bonds. The number of esters is 1. The standard InChI is InChI=1S/C24H22O7/c1-2-3-10-30-23(28)24(29)11-15-14-5-8-17(26)21-16(25)7-4-12(19(14)21)13-6-9-18(27)22(31-24)20(13)15/h4,6-7,9,25,27,29H,2-3,5,8,10-11H2,1H3. The molecule has 1 aliphatic heterocycles. The van der Waals surface area contributed by atoms with Crippen LogP contribution in [0.4, 0.5) is 0 Å². The molecule has 160 valence electrons. The lowest BCUT2D eigenvalue weighted by Crippen LogP contribution is -2.49. The molecule has 0 spiro atoms. The van der Waals surface area contributed by atoms with Crippen molar-refractivity contribution in [3.05, 3.63) is 41.0 Å². The molecule has 0 radical (unpaired) electrons. The second-order valence-corrected chi connectivity index (χ2v) is 8.15. The van der Waals surface area contributed by atoms with E-state index in [0.717, 1.165) is 17.4 Å². The van der Waals surface area contributed by atoms with Crippen molar-refractivity contribution in [3.8, 4) is 17.2 Å². The molecule has 1 unspecified atom stereocenters. The van der Waals surface area contributed by atoms with Crippen molar-refractivity contribution in [2.45, 2.75) is 44.8 Å². The van der Waals surface area contributed by atoms with Gasteiger partial charge in [0.2, 0.25) is 0 Å². The van der Waals surface area contributed by atoms with Crippen LogP contribution in [0, 0.1) is 0 Å². The van der Waals surface area contributed by atoms with Crippen molar-refractivity contribution in [3.63, 3.8) is 0 Å². The van der Waals surface area contributed by atoms with Gasteiger partial charge in [0, 0.05) is 17.2 Å². The molecule has 3 aromatic rings. The van der Waals surface area contributed by atoms with E-state index in [9.17, 15) is 24.9 Å². The number of hydrogen-bond donors (Lipinski definition) is 3. The Hall–Kier alpha value is -3.32. The molecule has 1 atom stereocenters. The summed E-state index contributed by atoms with van der Waals surface area (Å²) in [6.45, 7) is 2.11. The molecule has 0 bridgehead atoms. The Morgan fingerprint density at radius 2 is 1.77 bits per heavy atom. The first-order chi connectivity index (χ1) is 14.9. The van der Waals surface area contributed by atoms with Gasteiger partial charge in [0.1, 0.15) is 5.75 Å². The lowest BCUT2D eigenvalue weighted by molar-refractivity contribution is -0.201. The zero-order chi connectivity index (χ0) is 21.9. The number of aromatic hydroxyl groups is 2. The Bertz CT molecular complexity index is 1280. The summed E-state index contributed by atoms with van der Waals surface area (Å²) >= 11 is 0. The van der Waals surface area contributed by atoms with Gasteiger partial charge >= 0.3 is 11.8 Å². The second-order valence-electron chi connectivity index (χ2n) is 8.15. The molecule has 2 aliphatic rings. The van der Waals surface area contributed by atoms with Crippen molar-refractivity contribution in [1.29, 1.82) is 0 Å². The first-order valence-corrected chi connectivity index (χ1v) is 10.4. The van der Waals surface area contributed by atoms with E-state index in [-0.39, 0.29) is 48.0 Å². The number of ketones is 1. The Balaban J connectivity index is 1.79. The highest BCUT2D eigenvalue weighted by atomic mass is 16.7. The van der Waals surface area contributed by atoms with Gasteiger partial charge in [0.25, 0.3) is 0 Å². The molecule has 31 heavy (non-hydrogen) atoms. The molecule has 7 nitrogen and oxygen atoms in total. The van der Waals surface area contributed by atoms with Gasteiger partial charge in [0.15, 0.2) is 17.3 Å². The summed E-state index contributed by atoms with van der Waals surface area (Å²) in [5.74, 6) is -3.65. The number of rotatable bonds is 4. The minimum atomic E-state index is -2.30. The van der Waals surface area contributed by atoms with E-state index in [4.69, 9.17) is 9.47 Å². The molecule has 0 saturated carbocycles. The summed E-state index contributed by atoms with van der Waals surface area (Å²) in [4.78, 5) is 25.3. The van der Waals surface area contributed by atoms with E-state index in [1.165, 1.54) is 12.1 Å². The van der Waals surface area contributed by atoms with E-state index in [0.29, 0.717) is 34.6 Å². The number of aryl methyl sites for hydroxylation is 1. The van der Waals surface area contributed by atoms with Crippen molar-refractivity contribution in [2.75, 3.05) is 6.61 Å². The van der Waals surface area contributed by atoms with Crippen molar-refractivity contribution >= 4 is 33.3 Å². The van der Waals surface area contributed by atoms with Gasteiger partial charge in [-0.25, -0.2) is 4.79 Å². The lowest BCUT2D eigenvalue weighted by atomic mass is 9.79. The van der Waals surface area contributed by atoms with Crippen LogP contribution in [0.3, 0.4) is 0 Å². The average molecular weight is 422 g/mol. The molecule has 7 heteroatoms. The molecule has 3 aromatic carbocycles. The van der Waals surface area contributed by atoms with Crippen LogP contribution in [-0.2, 0) is 22.4 Å². The Labute approximate surface area is 177 Å². The fraction of sp³-hybridized carbons (Fsp3) is 0.333. The number of benzene rings is 3. The summed E-state index contributed by atoms with van der Waals surface area (Å²) in [5.41, 5.74) is 1.64. The maximum atomic E-state index is 12.7. The van der Waals surface area contributed by atoms with E-state index in [1.54, 1.807) is 12.1 Å². The SMILES string of the molecule is CCCCOC(=O)C1(O)Cc2c3c4c(c(O)ccc4c4ccc(O)c(c24)O1)C(=O)CC3. The zero-order valence-electron chi connectivity index (χ0n) is 17.0. The van der Waals surface area contributed by atoms with Crippen LogP contribution in [-0.4, -0.2) is 39.5 Å². The highest BCUT2D eigenvalue weighted by Crippen LogP contribution is 2.50. The summed E-state index contributed by atoms with van der Waals surface area (Å²) in [5, 5.41) is 34.7.